The molecule has 0 spiro atoms. The number of fused-ring (bicyclic) bond motifs is 2. The second-order valence-electron chi connectivity index (χ2n) is 14.8. The van der Waals surface area contributed by atoms with Crippen molar-refractivity contribution in [1.29, 1.82) is 0 Å². The van der Waals surface area contributed by atoms with Crippen molar-refractivity contribution >= 4 is 11.9 Å². The first-order valence-electron chi connectivity index (χ1n) is 19.1. The van der Waals surface area contributed by atoms with Crippen molar-refractivity contribution in [2.24, 2.45) is 0 Å². The Bertz CT molecular complexity index is 2130. The number of pyridine rings is 1. The molecule has 1 aromatic heterocycles. The van der Waals surface area contributed by atoms with Gasteiger partial charge in [0, 0.05) is 30.9 Å². The zero-order valence-electron chi connectivity index (χ0n) is 32.1. The van der Waals surface area contributed by atoms with E-state index in [1.807, 2.05) is 113 Å². The molecule has 4 aromatic carbocycles. The number of carboxylic acid groups (broad SMARTS) is 1. The van der Waals surface area contributed by atoms with Gasteiger partial charge in [0.2, 0.25) is 5.91 Å². The summed E-state index contributed by atoms with van der Waals surface area (Å²) in [6.45, 7) is 11.0. The molecule has 3 heterocycles. The van der Waals surface area contributed by atoms with Gasteiger partial charge >= 0.3 is 5.97 Å². The Morgan fingerprint density at radius 1 is 0.945 bits per heavy atom. The van der Waals surface area contributed by atoms with Gasteiger partial charge in [0.15, 0.2) is 17.6 Å². The fraction of sp³-hybridized carbons (Fsp3) is 0.326. The molecular formula is C46H49N3O6. The van der Waals surface area contributed by atoms with E-state index in [1.54, 1.807) is 6.20 Å². The summed E-state index contributed by atoms with van der Waals surface area (Å²) in [6, 6.07) is 30.2. The maximum Gasteiger partial charge on any atom is 0.326 e. The average Bonchev–Trinajstić information content (AvgIpc) is 3.18. The molecule has 0 bridgehead atoms. The van der Waals surface area contributed by atoms with Gasteiger partial charge in [-0.1, -0.05) is 73.7 Å². The summed E-state index contributed by atoms with van der Waals surface area (Å²) in [7, 11) is 0. The van der Waals surface area contributed by atoms with Gasteiger partial charge in [0.1, 0.15) is 18.4 Å². The first-order chi connectivity index (χ1) is 26.6. The van der Waals surface area contributed by atoms with Crippen molar-refractivity contribution in [3.05, 3.63) is 142 Å². The number of benzene rings is 4. The molecule has 284 valence electrons. The van der Waals surface area contributed by atoms with E-state index in [1.165, 1.54) is 0 Å². The summed E-state index contributed by atoms with van der Waals surface area (Å²) >= 11 is 0. The highest BCUT2D eigenvalue weighted by Crippen LogP contribution is 2.42. The number of hydrogen-bond donors (Lipinski definition) is 2. The Morgan fingerprint density at radius 3 is 2.36 bits per heavy atom. The van der Waals surface area contributed by atoms with Crippen LogP contribution in [-0.4, -0.2) is 51.7 Å². The minimum absolute atomic E-state index is 0.0753. The highest BCUT2D eigenvalue weighted by Gasteiger charge is 2.38. The number of hydrogen-bond acceptors (Lipinski definition) is 7. The van der Waals surface area contributed by atoms with Crippen LogP contribution in [0, 0.1) is 13.8 Å². The normalized spacial score (nSPS) is 17.6. The molecule has 9 heteroatoms. The van der Waals surface area contributed by atoms with Gasteiger partial charge in [-0.15, -0.1) is 0 Å². The van der Waals surface area contributed by atoms with E-state index < -0.39 is 18.1 Å². The highest BCUT2D eigenvalue weighted by molar-refractivity contribution is 5.87. The lowest BCUT2D eigenvalue weighted by Crippen LogP contribution is -2.55. The van der Waals surface area contributed by atoms with Crippen molar-refractivity contribution in [2.75, 3.05) is 6.61 Å². The Hall–Kier alpha value is -5.67. The SMILES string of the molecule is CC[C@@H](c1ccccc1)N1Cc2cc3c(cc2C[C@H]1C(=O)N[C@@H](Cc1ccc(-c2ccnc(C)c2C)cc1)C(=O)O)OC[C@H](c1ccc(OC(C)C)cc1)O3. The van der Waals surface area contributed by atoms with Crippen LogP contribution in [0.4, 0.5) is 0 Å². The molecule has 0 unspecified atom stereocenters. The van der Waals surface area contributed by atoms with Crippen molar-refractivity contribution in [1.82, 2.24) is 15.2 Å². The molecule has 0 saturated carbocycles. The van der Waals surface area contributed by atoms with E-state index in [4.69, 9.17) is 14.2 Å². The number of carbonyl (C=O) groups is 2. The summed E-state index contributed by atoms with van der Waals surface area (Å²) in [5.41, 5.74) is 9.15. The van der Waals surface area contributed by atoms with Crippen LogP contribution in [0.1, 0.15) is 78.4 Å². The summed E-state index contributed by atoms with van der Waals surface area (Å²) < 4.78 is 18.6. The van der Waals surface area contributed by atoms with E-state index in [-0.39, 0.29) is 30.6 Å². The summed E-state index contributed by atoms with van der Waals surface area (Å²) in [5.74, 6) is 0.725. The number of nitrogens with zero attached hydrogens (tertiary/aromatic N) is 2. The van der Waals surface area contributed by atoms with E-state index in [2.05, 4.69) is 34.3 Å². The van der Waals surface area contributed by atoms with E-state index in [9.17, 15) is 14.7 Å². The van der Waals surface area contributed by atoms with E-state index in [0.717, 1.165) is 62.4 Å². The molecule has 5 aromatic rings. The Labute approximate surface area is 323 Å². The van der Waals surface area contributed by atoms with Crippen LogP contribution in [-0.2, 0) is 29.0 Å². The predicted octanol–water partition coefficient (Wildman–Crippen LogP) is 8.36. The number of aryl methyl sites for hydroxylation is 1. The number of amides is 1. The quantitative estimate of drug-likeness (QED) is 0.131. The maximum atomic E-state index is 14.4. The molecule has 2 aliphatic heterocycles. The number of carboxylic acids is 1. The van der Waals surface area contributed by atoms with Crippen molar-refractivity contribution in [2.45, 2.75) is 90.8 Å². The zero-order chi connectivity index (χ0) is 38.6. The Kier molecular flexibility index (Phi) is 11.2. The van der Waals surface area contributed by atoms with Crippen LogP contribution in [0.25, 0.3) is 11.1 Å². The number of nitrogens with one attached hydrogen (secondary N) is 1. The highest BCUT2D eigenvalue weighted by atomic mass is 16.6. The minimum atomic E-state index is -1.11. The third kappa shape index (κ3) is 8.37. The fourth-order valence-electron chi connectivity index (χ4n) is 7.75. The molecule has 2 N–H and O–H groups in total. The number of carbonyl (C=O) groups excluding carboxylic acids is 1. The molecule has 1 amide bonds. The van der Waals surface area contributed by atoms with Crippen LogP contribution >= 0.6 is 0 Å². The third-order valence-electron chi connectivity index (χ3n) is 10.8. The number of aliphatic carboxylic acids is 1. The summed E-state index contributed by atoms with van der Waals surface area (Å²) in [5, 5.41) is 13.3. The first kappa shape index (κ1) is 37.6. The molecule has 4 atom stereocenters. The first-order valence-corrected chi connectivity index (χ1v) is 19.1. The van der Waals surface area contributed by atoms with Crippen LogP contribution in [0.2, 0.25) is 0 Å². The zero-order valence-corrected chi connectivity index (χ0v) is 32.1. The Morgan fingerprint density at radius 2 is 1.67 bits per heavy atom. The van der Waals surface area contributed by atoms with Gasteiger partial charge in [-0.05, 0) is 115 Å². The molecule has 0 fully saturated rings. The second-order valence-corrected chi connectivity index (χ2v) is 14.8. The topological polar surface area (TPSA) is 110 Å². The number of rotatable bonds is 12. The number of ether oxygens (including phenoxy) is 3. The van der Waals surface area contributed by atoms with Gasteiger partial charge in [-0.2, -0.15) is 0 Å². The van der Waals surface area contributed by atoms with Crippen LogP contribution in [0.5, 0.6) is 17.2 Å². The Balaban J connectivity index is 1.13. The molecule has 55 heavy (non-hydrogen) atoms. The van der Waals surface area contributed by atoms with Crippen molar-refractivity contribution in [3.8, 4) is 28.4 Å². The monoisotopic (exact) mass is 739 g/mol. The molecule has 0 saturated heterocycles. The lowest BCUT2D eigenvalue weighted by molar-refractivity contribution is -0.143. The standard InChI is InChI=1S/C46H49N3O6/c1-6-40(33-10-8-7-9-11-33)49-26-36-25-43-42(53-27-44(55-43)34-16-18-37(19-17-34)54-28(2)3)24-35(36)23-41(49)45(50)48-39(46(51)52)22-31-12-14-32(15-13-31)38-20-21-47-30(5)29(38)4/h7-21,24-25,28,39-41,44H,6,22-23,26-27H2,1-5H3,(H,48,50)(H,51,52)/t39-,40-,41-,44+/m0/s1. The lowest BCUT2D eigenvalue weighted by atomic mass is 9.89. The van der Waals surface area contributed by atoms with Crippen molar-refractivity contribution in [3.63, 3.8) is 0 Å². The van der Waals surface area contributed by atoms with E-state index in [0.29, 0.717) is 31.1 Å². The molecule has 2 aliphatic rings. The van der Waals surface area contributed by atoms with E-state index >= 15 is 0 Å². The molecule has 0 radical (unpaired) electrons. The summed E-state index contributed by atoms with van der Waals surface area (Å²) in [4.78, 5) is 33.6. The number of aromatic nitrogens is 1. The summed E-state index contributed by atoms with van der Waals surface area (Å²) in [6.07, 6.45) is 2.92. The van der Waals surface area contributed by atoms with Crippen LogP contribution in [0.15, 0.2) is 103 Å². The maximum absolute atomic E-state index is 14.4. The molecular weight excluding hydrogens is 691 g/mol. The minimum Gasteiger partial charge on any atom is -0.491 e. The average molecular weight is 740 g/mol. The smallest absolute Gasteiger partial charge is 0.326 e. The van der Waals surface area contributed by atoms with Crippen molar-refractivity contribution < 1.29 is 28.9 Å². The van der Waals surface area contributed by atoms with Crippen LogP contribution < -0.4 is 19.5 Å². The molecule has 9 nitrogen and oxygen atoms in total. The lowest BCUT2D eigenvalue weighted by Gasteiger charge is -2.42. The predicted molar refractivity (Wildman–Crippen MR) is 212 cm³/mol. The van der Waals surface area contributed by atoms with Gasteiger partial charge in [0.25, 0.3) is 0 Å². The molecule has 0 aliphatic carbocycles. The molecule has 7 rings (SSSR count). The largest absolute Gasteiger partial charge is 0.491 e. The van der Waals surface area contributed by atoms with Crippen LogP contribution in [0.3, 0.4) is 0 Å². The van der Waals surface area contributed by atoms with Gasteiger partial charge in [-0.3, -0.25) is 14.7 Å². The second kappa shape index (κ2) is 16.4. The van der Waals surface area contributed by atoms with Gasteiger partial charge in [0.05, 0.1) is 12.1 Å². The third-order valence-corrected chi connectivity index (χ3v) is 10.8. The van der Waals surface area contributed by atoms with Gasteiger partial charge in [-0.25, -0.2) is 4.79 Å². The van der Waals surface area contributed by atoms with Gasteiger partial charge < -0.3 is 24.6 Å². The fourth-order valence-corrected chi connectivity index (χ4v) is 7.75.